The molecule has 0 saturated carbocycles. The van der Waals surface area contributed by atoms with E-state index in [0.29, 0.717) is 12.2 Å². The van der Waals surface area contributed by atoms with Crippen LogP contribution < -0.4 is 10.6 Å². The molecule has 1 aromatic rings. The van der Waals surface area contributed by atoms with Gasteiger partial charge >= 0.3 is 6.18 Å². The average Bonchev–Trinajstić information content (AvgIpc) is 2.35. The van der Waals surface area contributed by atoms with E-state index in [-0.39, 0.29) is 6.04 Å². The molecule has 0 aliphatic rings. The number of nitrogens with zero attached hydrogens (tertiary/aromatic N) is 1. The zero-order valence-corrected chi connectivity index (χ0v) is 12.3. The molecule has 0 bridgehead atoms. The van der Waals surface area contributed by atoms with Gasteiger partial charge < -0.3 is 10.6 Å². The first kappa shape index (κ1) is 16.8. The summed E-state index contributed by atoms with van der Waals surface area (Å²) in [6, 6.07) is 5.67. The Hall–Kier alpha value is -1.23. The van der Waals surface area contributed by atoms with E-state index in [1.54, 1.807) is 13.0 Å². The summed E-state index contributed by atoms with van der Waals surface area (Å²) >= 11 is 0. The number of benzene rings is 1. The van der Waals surface area contributed by atoms with E-state index < -0.39 is 12.7 Å². The van der Waals surface area contributed by atoms with Crippen molar-refractivity contribution in [2.24, 2.45) is 5.73 Å². The minimum Gasteiger partial charge on any atom is -0.363 e. The average molecular weight is 288 g/mol. The topological polar surface area (TPSA) is 29.3 Å². The van der Waals surface area contributed by atoms with Gasteiger partial charge in [0.2, 0.25) is 0 Å². The van der Waals surface area contributed by atoms with Crippen molar-refractivity contribution in [1.82, 2.24) is 0 Å². The van der Waals surface area contributed by atoms with Gasteiger partial charge in [-0.15, -0.1) is 0 Å². The smallest absolute Gasteiger partial charge is 0.363 e. The van der Waals surface area contributed by atoms with Crippen molar-refractivity contribution in [3.05, 3.63) is 29.3 Å². The van der Waals surface area contributed by atoms with Gasteiger partial charge in [-0.3, -0.25) is 0 Å². The second-order valence-electron chi connectivity index (χ2n) is 5.12. The summed E-state index contributed by atoms with van der Waals surface area (Å²) in [7, 11) is 0. The molecule has 114 valence electrons. The normalized spacial score (nSPS) is 13.3. The lowest BCUT2D eigenvalue weighted by atomic mass is 10.0. The van der Waals surface area contributed by atoms with E-state index in [2.05, 4.69) is 0 Å². The zero-order chi connectivity index (χ0) is 15.3. The second kappa shape index (κ2) is 6.97. The fraction of sp³-hybridized carbons (Fsp3) is 0.600. The van der Waals surface area contributed by atoms with E-state index >= 15 is 0 Å². The molecule has 20 heavy (non-hydrogen) atoms. The number of hydrogen-bond acceptors (Lipinski definition) is 2. The second-order valence-corrected chi connectivity index (χ2v) is 5.12. The van der Waals surface area contributed by atoms with Crippen LogP contribution in [0.1, 0.15) is 31.4 Å². The van der Waals surface area contributed by atoms with Gasteiger partial charge in [0, 0.05) is 18.3 Å². The Morgan fingerprint density at radius 1 is 1.25 bits per heavy atom. The number of nitrogens with two attached hydrogens (primary N) is 1. The molecule has 0 fully saturated rings. The molecule has 0 spiro atoms. The molecule has 0 amide bonds. The Morgan fingerprint density at radius 3 is 2.35 bits per heavy atom. The number of anilines is 1. The maximum atomic E-state index is 12.5. The molecule has 0 aliphatic carbocycles. The summed E-state index contributed by atoms with van der Waals surface area (Å²) < 4.78 is 37.6. The van der Waals surface area contributed by atoms with Crippen LogP contribution in [-0.4, -0.2) is 25.3 Å². The molecule has 1 rings (SSSR count). The number of alkyl halides is 3. The molecule has 0 saturated heterocycles. The highest BCUT2D eigenvalue weighted by Gasteiger charge is 2.30. The molecule has 5 heteroatoms. The van der Waals surface area contributed by atoms with Crippen molar-refractivity contribution in [1.29, 1.82) is 0 Å². The van der Waals surface area contributed by atoms with Crippen LogP contribution in [0, 0.1) is 6.92 Å². The quantitative estimate of drug-likeness (QED) is 0.865. The van der Waals surface area contributed by atoms with Gasteiger partial charge in [0.15, 0.2) is 0 Å². The lowest BCUT2D eigenvalue weighted by Gasteiger charge is -2.26. The maximum Gasteiger partial charge on any atom is 0.405 e. The molecular weight excluding hydrogens is 265 g/mol. The summed E-state index contributed by atoms with van der Waals surface area (Å²) in [6.45, 7) is 5.00. The van der Waals surface area contributed by atoms with Crippen LogP contribution >= 0.6 is 0 Å². The number of aryl methyl sites for hydroxylation is 1. The van der Waals surface area contributed by atoms with Crippen molar-refractivity contribution in [2.75, 3.05) is 18.0 Å². The standard InChI is InChI=1S/C15H23F3N2/c1-4-13(19)9-12-6-7-14(11(3)8-12)20(5-2)10-15(16,17)18/h6-8,13H,4-5,9-10,19H2,1-3H3. The lowest BCUT2D eigenvalue weighted by molar-refractivity contribution is -0.119. The van der Waals surface area contributed by atoms with E-state index in [1.807, 2.05) is 26.0 Å². The van der Waals surface area contributed by atoms with Crippen LogP contribution in [0.15, 0.2) is 18.2 Å². The SMILES string of the molecule is CCC(N)Cc1ccc(N(CC)CC(F)(F)F)c(C)c1. The third-order valence-corrected chi connectivity index (χ3v) is 3.38. The molecule has 0 radical (unpaired) electrons. The van der Waals surface area contributed by atoms with Gasteiger partial charge in [-0.2, -0.15) is 13.2 Å². The van der Waals surface area contributed by atoms with E-state index in [0.717, 1.165) is 24.0 Å². The highest BCUT2D eigenvalue weighted by Crippen LogP contribution is 2.26. The van der Waals surface area contributed by atoms with Crippen molar-refractivity contribution < 1.29 is 13.2 Å². The minimum absolute atomic E-state index is 0.0951. The molecular formula is C15H23F3N2. The molecule has 0 aliphatic heterocycles. The molecule has 1 aromatic carbocycles. The highest BCUT2D eigenvalue weighted by atomic mass is 19.4. The van der Waals surface area contributed by atoms with Crippen LogP contribution in [0.3, 0.4) is 0 Å². The summed E-state index contributed by atoms with van der Waals surface area (Å²) in [6.07, 6.45) is -2.55. The molecule has 2 nitrogen and oxygen atoms in total. The van der Waals surface area contributed by atoms with Gasteiger partial charge in [-0.05, 0) is 43.9 Å². The summed E-state index contributed by atoms with van der Waals surface area (Å²) in [4.78, 5) is 1.35. The predicted molar refractivity (Wildman–Crippen MR) is 77.1 cm³/mol. The third-order valence-electron chi connectivity index (χ3n) is 3.38. The van der Waals surface area contributed by atoms with E-state index in [4.69, 9.17) is 5.73 Å². The number of halogens is 3. The fourth-order valence-electron chi connectivity index (χ4n) is 2.23. The van der Waals surface area contributed by atoms with Gasteiger partial charge in [0.25, 0.3) is 0 Å². The van der Waals surface area contributed by atoms with Crippen LogP contribution in [-0.2, 0) is 6.42 Å². The summed E-state index contributed by atoms with van der Waals surface area (Å²) in [5, 5.41) is 0. The Bertz CT molecular complexity index is 430. The van der Waals surface area contributed by atoms with Crippen molar-refractivity contribution in [2.45, 2.75) is 45.8 Å². The van der Waals surface area contributed by atoms with Gasteiger partial charge in [0.05, 0.1) is 0 Å². The highest BCUT2D eigenvalue weighted by molar-refractivity contribution is 5.54. The molecule has 1 unspecified atom stereocenters. The third kappa shape index (κ3) is 5.04. The number of rotatable bonds is 6. The van der Waals surface area contributed by atoms with Gasteiger partial charge in [-0.1, -0.05) is 19.1 Å². The van der Waals surface area contributed by atoms with Gasteiger partial charge in [0.1, 0.15) is 6.54 Å². The Labute approximate surface area is 118 Å². The molecule has 0 aromatic heterocycles. The van der Waals surface area contributed by atoms with Crippen LogP contribution in [0.2, 0.25) is 0 Å². The largest absolute Gasteiger partial charge is 0.405 e. The summed E-state index contributed by atoms with van der Waals surface area (Å²) in [5.74, 6) is 0. The minimum atomic E-state index is -4.19. The lowest BCUT2D eigenvalue weighted by Crippen LogP contribution is -2.34. The van der Waals surface area contributed by atoms with Gasteiger partial charge in [-0.25, -0.2) is 0 Å². The van der Waals surface area contributed by atoms with Crippen molar-refractivity contribution in [3.8, 4) is 0 Å². The van der Waals surface area contributed by atoms with Crippen molar-refractivity contribution in [3.63, 3.8) is 0 Å². The molecule has 0 heterocycles. The van der Waals surface area contributed by atoms with Crippen LogP contribution in [0.25, 0.3) is 0 Å². The monoisotopic (exact) mass is 288 g/mol. The first-order valence-corrected chi connectivity index (χ1v) is 6.93. The first-order valence-electron chi connectivity index (χ1n) is 6.93. The number of hydrogen-bond donors (Lipinski definition) is 1. The van der Waals surface area contributed by atoms with E-state index in [1.165, 1.54) is 4.90 Å². The molecule has 1 atom stereocenters. The first-order chi connectivity index (χ1) is 9.26. The Kier molecular flexibility index (Phi) is 5.87. The van der Waals surface area contributed by atoms with Crippen LogP contribution in [0.4, 0.5) is 18.9 Å². The van der Waals surface area contributed by atoms with Crippen LogP contribution in [0.5, 0.6) is 0 Å². The van der Waals surface area contributed by atoms with Crippen molar-refractivity contribution >= 4 is 5.69 Å². The molecule has 2 N–H and O–H groups in total. The van der Waals surface area contributed by atoms with E-state index in [9.17, 15) is 13.2 Å². The fourth-order valence-corrected chi connectivity index (χ4v) is 2.23. The Balaban J connectivity index is 2.90. The Morgan fingerprint density at radius 2 is 1.90 bits per heavy atom. The predicted octanol–water partition coefficient (Wildman–Crippen LogP) is 3.66. The maximum absolute atomic E-state index is 12.5. The summed E-state index contributed by atoms with van der Waals surface area (Å²) in [5.41, 5.74) is 8.47. The zero-order valence-electron chi connectivity index (χ0n) is 12.3.